The number of halogens is 2. The lowest BCUT2D eigenvalue weighted by Gasteiger charge is -2.10. The SMILES string of the molecule is Cl.N[C@H](CCO)c1ccc(O)c(F)c1. The van der Waals surface area contributed by atoms with Crippen LogP contribution in [-0.2, 0) is 0 Å². The molecule has 0 amide bonds. The first-order valence-corrected chi connectivity index (χ1v) is 4.00. The van der Waals surface area contributed by atoms with E-state index in [9.17, 15) is 4.39 Å². The van der Waals surface area contributed by atoms with Crippen LogP contribution in [0.1, 0.15) is 18.0 Å². The van der Waals surface area contributed by atoms with Crippen molar-refractivity contribution in [1.82, 2.24) is 0 Å². The number of aliphatic hydroxyl groups excluding tert-OH is 1. The first-order valence-electron chi connectivity index (χ1n) is 4.00. The van der Waals surface area contributed by atoms with Gasteiger partial charge in [-0.25, -0.2) is 4.39 Å². The molecule has 3 nitrogen and oxygen atoms in total. The summed E-state index contributed by atoms with van der Waals surface area (Å²) in [4.78, 5) is 0. The fraction of sp³-hybridized carbons (Fsp3) is 0.333. The van der Waals surface area contributed by atoms with Gasteiger partial charge in [0.2, 0.25) is 0 Å². The third-order valence-electron chi connectivity index (χ3n) is 1.84. The van der Waals surface area contributed by atoms with E-state index in [1.54, 1.807) is 6.07 Å². The van der Waals surface area contributed by atoms with E-state index in [1.807, 2.05) is 0 Å². The van der Waals surface area contributed by atoms with Gasteiger partial charge in [0.1, 0.15) is 0 Å². The molecule has 0 aliphatic rings. The summed E-state index contributed by atoms with van der Waals surface area (Å²) in [7, 11) is 0. The second kappa shape index (κ2) is 5.80. The molecule has 4 N–H and O–H groups in total. The molecule has 0 aromatic heterocycles. The Balaban J connectivity index is 0.00000169. The molecule has 0 aliphatic heterocycles. The van der Waals surface area contributed by atoms with Crippen LogP contribution < -0.4 is 5.73 Å². The number of aromatic hydroxyl groups is 1. The summed E-state index contributed by atoms with van der Waals surface area (Å²) < 4.78 is 12.8. The summed E-state index contributed by atoms with van der Waals surface area (Å²) in [5.74, 6) is -1.08. The zero-order chi connectivity index (χ0) is 9.84. The predicted octanol–water partition coefficient (Wildman–Crippen LogP) is 1.34. The normalized spacial score (nSPS) is 11.9. The van der Waals surface area contributed by atoms with Crippen LogP contribution >= 0.6 is 12.4 Å². The minimum absolute atomic E-state index is 0. The highest BCUT2D eigenvalue weighted by atomic mass is 35.5. The van der Waals surface area contributed by atoms with E-state index in [1.165, 1.54) is 12.1 Å². The second-order valence-corrected chi connectivity index (χ2v) is 2.83. The lowest BCUT2D eigenvalue weighted by atomic mass is 10.0. The van der Waals surface area contributed by atoms with Crippen LogP contribution in [0.25, 0.3) is 0 Å². The van der Waals surface area contributed by atoms with Gasteiger partial charge >= 0.3 is 0 Å². The van der Waals surface area contributed by atoms with E-state index in [2.05, 4.69) is 0 Å². The van der Waals surface area contributed by atoms with Gasteiger partial charge in [0.15, 0.2) is 11.6 Å². The van der Waals surface area contributed by atoms with E-state index in [-0.39, 0.29) is 30.8 Å². The van der Waals surface area contributed by atoms with Crippen molar-refractivity contribution in [2.45, 2.75) is 12.5 Å². The van der Waals surface area contributed by atoms with Gasteiger partial charge in [-0.15, -0.1) is 12.4 Å². The molecule has 0 fully saturated rings. The van der Waals surface area contributed by atoms with E-state index in [4.69, 9.17) is 15.9 Å². The quantitative estimate of drug-likeness (QED) is 0.722. The maximum Gasteiger partial charge on any atom is 0.165 e. The Kier molecular flexibility index (Phi) is 5.45. The van der Waals surface area contributed by atoms with Crippen LogP contribution in [0, 0.1) is 5.82 Å². The zero-order valence-corrected chi connectivity index (χ0v) is 8.30. The minimum Gasteiger partial charge on any atom is -0.505 e. The average Bonchev–Trinajstić information content (AvgIpc) is 2.10. The number of phenols is 1. The van der Waals surface area contributed by atoms with E-state index in [0.29, 0.717) is 12.0 Å². The first-order chi connectivity index (χ1) is 6.15. The number of benzene rings is 1. The van der Waals surface area contributed by atoms with E-state index < -0.39 is 5.82 Å². The van der Waals surface area contributed by atoms with Crippen molar-refractivity contribution >= 4 is 12.4 Å². The van der Waals surface area contributed by atoms with Crippen molar-refractivity contribution in [3.05, 3.63) is 29.6 Å². The summed E-state index contributed by atoms with van der Waals surface area (Å²) in [6, 6.07) is 3.58. The van der Waals surface area contributed by atoms with Gasteiger partial charge in [0.25, 0.3) is 0 Å². The highest BCUT2D eigenvalue weighted by Gasteiger charge is 2.08. The van der Waals surface area contributed by atoms with Crippen LogP contribution in [0.15, 0.2) is 18.2 Å². The highest BCUT2D eigenvalue weighted by molar-refractivity contribution is 5.85. The monoisotopic (exact) mass is 221 g/mol. The van der Waals surface area contributed by atoms with Crippen LogP contribution in [0.4, 0.5) is 4.39 Å². The third-order valence-corrected chi connectivity index (χ3v) is 1.84. The van der Waals surface area contributed by atoms with Crippen LogP contribution in [0.3, 0.4) is 0 Å². The Morgan fingerprint density at radius 3 is 2.57 bits per heavy atom. The first kappa shape index (κ1) is 13.2. The number of hydrogen-bond acceptors (Lipinski definition) is 3. The number of aliphatic hydroxyl groups is 1. The number of phenolic OH excluding ortho intramolecular Hbond substituents is 1. The molecule has 1 atom stereocenters. The van der Waals surface area contributed by atoms with Gasteiger partial charge in [0.05, 0.1) is 0 Å². The number of nitrogens with two attached hydrogens (primary N) is 1. The van der Waals surface area contributed by atoms with Crippen LogP contribution in [0.2, 0.25) is 0 Å². The standard InChI is InChI=1S/C9H12FNO2.ClH/c10-7-5-6(1-2-9(7)13)8(11)3-4-12;/h1-2,5,8,12-13H,3-4,11H2;1H/t8-;/m1./s1. The van der Waals surface area contributed by atoms with Gasteiger partial charge in [0, 0.05) is 12.6 Å². The number of rotatable bonds is 3. The van der Waals surface area contributed by atoms with Crippen molar-refractivity contribution < 1.29 is 14.6 Å². The molecule has 5 heteroatoms. The molecule has 0 saturated heterocycles. The van der Waals surface area contributed by atoms with Crippen LogP contribution in [-0.4, -0.2) is 16.8 Å². The molecule has 14 heavy (non-hydrogen) atoms. The summed E-state index contributed by atoms with van der Waals surface area (Å²) >= 11 is 0. The molecule has 1 aromatic rings. The smallest absolute Gasteiger partial charge is 0.165 e. The Bertz CT molecular complexity index is 296. The fourth-order valence-electron chi connectivity index (χ4n) is 1.06. The largest absolute Gasteiger partial charge is 0.505 e. The third kappa shape index (κ3) is 3.14. The highest BCUT2D eigenvalue weighted by Crippen LogP contribution is 2.20. The van der Waals surface area contributed by atoms with Crippen LogP contribution in [0.5, 0.6) is 5.75 Å². The molecule has 0 unspecified atom stereocenters. The Hall–Kier alpha value is -0.840. The molecule has 80 valence electrons. The molecule has 0 saturated carbocycles. The van der Waals surface area contributed by atoms with Gasteiger partial charge in [-0.2, -0.15) is 0 Å². The Morgan fingerprint density at radius 1 is 1.43 bits per heavy atom. The van der Waals surface area contributed by atoms with E-state index in [0.717, 1.165) is 0 Å². The second-order valence-electron chi connectivity index (χ2n) is 2.83. The van der Waals surface area contributed by atoms with Crippen molar-refractivity contribution in [3.8, 4) is 5.75 Å². The Morgan fingerprint density at radius 2 is 2.07 bits per heavy atom. The van der Waals surface area contributed by atoms with E-state index >= 15 is 0 Å². The molecule has 0 spiro atoms. The topological polar surface area (TPSA) is 66.5 Å². The zero-order valence-electron chi connectivity index (χ0n) is 7.48. The summed E-state index contributed by atoms with van der Waals surface area (Å²) in [5, 5.41) is 17.5. The van der Waals surface area contributed by atoms with Gasteiger partial charge in [-0.05, 0) is 24.1 Å². The molecule has 1 aromatic carbocycles. The maximum absolute atomic E-state index is 12.8. The molecular weight excluding hydrogens is 209 g/mol. The molecule has 1 rings (SSSR count). The average molecular weight is 222 g/mol. The Labute approximate surface area is 87.8 Å². The molecule has 0 bridgehead atoms. The van der Waals surface area contributed by atoms with Gasteiger partial charge in [-0.3, -0.25) is 0 Å². The van der Waals surface area contributed by atoms with Crippen molar-refractivity contribution in [2.24, 2.45) is 5.73 Å². The van der Waals surface area contributed by atoms with Crippen molar-refractivity contribution in [1.29, 1.82) is 0 Å². The van der Waals surface area contributed by atoms with Gasteiger partial charge in [-0.1, -0.05) is 6.07 Å². The fourth-order valence-corrected chi connectivity index (χ4v) is 1.06. The molecule has 0 aliphatic carbocycles. The molecule has 0 radical (unpaired) electrons. The lowest BCUT2D eigenvalue weighted by molar-refractivity contribution is 0.276. The molecular formula is C9H13ClFNO2. The van der Waals surface area contributed by atoms with Crippen molar-refractivity contribution in [2.75, 3.05) is 6.61 Å². The minimum atomic E-state index is -0.689. The lowest BCUT2D eigenvalue weighted by Crippen LogP contribution is -2.11. The van der Waals surface area contributed by atoms with Gasteiger partial charge < -0.3 is 15.9 Å². The maximum atomic E-state index is 12.8. The summed E-state index contributed by atoms with van der Waals surface area (Å²) in [6.07, 6.45) is 0.379. The summed E-state index contributed by atoms with van der Waals surface area (Å²) in [6.45, 7) is -0.0380. The number of hydrogen-bond donors (Lipinski definition) is 3. The molecule has 0 heterocycles. The summed E-state index contributed by atoms with van der Waals surface area (Å²) in [5.41, 5.74) is 6.19. The predicted molar refractivity (Wildman–Crippen MR) is 53.9 cm³/mol. The van der Waals surface area contributed by atoms with Crippen molar-refractivity contribution in [3.63, 3.8) is 0 Å².